The van der Waals surface area contributed by atoms with Crippen molar-refractivity contribution in [2.45, 2.75) is 69.9 Å². The smallest absolute Gasteiger partial charge is 0.322 e. The summed E-state index contributed by atoms with van der Waals surface area (Å²) in [7, 11) is 1.43. The molecule has 0 heterocycles. The molecule has 0 aromatic heterocycles. The van der Waals surface area contributed by atoms with Crippen molar-refractivity contribution in [1.29, 1.82) is 0 Å². The Morgan fingerprint density at radius 1 is 1.39 bits per heavy atom. The molecule has 0 aromatic carbocycles. The molecule has 18 heavy (non-hydrogen) atoms. The Bertz CT molecular complexity index is 249. The van der Waals surface area contributed by atoms with Crippen molar-refractivity contribution in [2.24, 2.45) is 0 Å². The standard InChI is InChI=1S/C14H27NO3/c1-3-4-8-12(13(17)18-2)15-14(11-16)9-6-5-7-10-14/h12,15-16H,3-11H2,1-2H3. The van der Waals surface area contributed by atoms with E-state index in [9.17, 15) is 9.90 Å². The van der Waals surface area contributed by atoms with Gasteiger partial charge in [0.2, 0.25) is 0 Å². The summed E-state index contributed by atoms with van der Waals surface area (Å²) < 4.78 is 4.86. The van der Waals surface area contributed by atoms with Gasteiger partial charge in [-0.2, -0.15) is 0 Å². The van der Waals surface area contributed by atoms with E-state index in [1.54, 1.807) is 0 Å². The van der Waals surface area contributed by atoms with Gasteiger partial charge >= 0.3 is 5.97 Å². The maximum Gasteiger partial charge on any atom is 0.322 e. The lowest BCUT2D eigenvalue weighted by Gasteiger charge is -2.39. The van der Waals surface area contributed by atoms with E-state index < -0.39 is 0 Å². The Kier molecular flexibility index (Phi) is 6.65. The molecule has 0 bridgehead atoms. The third-order valence-electron chi connectivity index (χ3n) is 3.93. The lowest BCUT2D eigenvalue weighted by atomic mass is 9.81. The van der Waals surface area contributed by atoms with E-state index in [0.29, 0.717) is 0 Å². The van der Waals surface area contributed by atoms with Crippen LogP contribution in [0.15, 0.2) is 0 Å². The summed E-state index contributed by atoms with van der Waals surface area (Å²) in [4.78, 5) is 11.8. The number of nitrogens with one attached hydrogen (secondary N) is 1. The zero-order valence-electron chi connectivity index (χ0n) is 11.7. The first-order chi connectivity index (χ1) is 8.67. The first kappa shape index (κ1) is 15.4. The van der Waals surface area contributed by atoms with Gasteiger partial charge in [-0.05, 0) is 19.3 Å². The summed E-state index contributed by atoms with van der Waals surface area (Å²) in [5.74, 6) is -0.207. The molecule has 0 aliphatic heterocycles. The summed E-state index contributed by atoms with van der Waals surface area (Å²) in [6.45, 7) is 2.21. The number of rotatable bonds is 7. The molecule has 1 rings (SSSR count). The van der Waals surface area contributed by atoms with Crippen molar-refractivity contribution in [3.63, 3.8) is 0 Å². The fourth-order valence-corrected chi connectivity index (χ4v) is 2.75. The van der Waals surface area contributed by atoms with Gasteiger partial charge < -0.3 is 9.84 Å². The van der Waals surface area contributed by atoms with E-state index >= 15 is 0 Å². The summed E-state index contributed by atoms with van der Waals surface area (Å²) >= 11 is 0. The van der Waals surface area contributed by atoms with E-state index in [1.807, 2.05) is 0 Å². The number of carbonyl (C=O) groups is 1. The van der Waals surface area contributed by atoms with Crippen molar-refractivity contribution >= 4 is 5.97 Å². The van der Waals surface area contributed by atoms with Crippen LogP contribution in [-0.2, 0) is 9.53 Å². The highest BCUT2D eigenvalue weighted by molar-refractivity contribution is 5.75. The van der Waals surface area contributed by atoms with Crippen LogP contribution in [0.3, 0.4) is 0 Å². The molecule has 2 N–H and O–H groups in total. The van der Waals surface area contributed by atoms with E-state index in [2.05, 4.69) is 12.2 Å². The zero-order chi connectivity index (χ0) is 13.4. The van der Waals surface area contributed by atoms with E-state index in [0.717, 1.165) is 44.9 Å². The molecule has 4 nitrogen and oxygen atoms in total. The highest BCUT2D eigenvalue weighted by Gasteiger charge is 2.35. The molecule has 0 radical (unpaired) electrons. The number of hydrogen-bond donors (Lipinski definition) is 2. The fraction of sp³-hybridized carbons (Fsp3) is 0.929. The first-order valence-corrected chi connectivity index (χ1v) is 7.14. The normalized spacial score (nSPS) is 20.4. The summed E-state index contributed by atoms with van der Waals surface area (Å²) in [6.07, 6.45) is 8.19. The molecule has 1 unspecified atom stereocenters. The third kappa shape index (κ3) is 4.25. The largest absolute Gasteiger partial charge is 0.468 e. The van der Waals surface area contributed by atoms with E-state index in [1.165, 1.54) is 13.5 Å². The van der Waals surface area contributed by atoms with Gasteiger partial charge in [0.05, 0.1) is 13.7 Å². The third-order valence-corrected chi connectivity index (χ3v) is 3.93. The van der Waals surface area contributed by atoms with Gasteiger partial charge in [-0.3, -0.25) is 10.1 Å². The maximum atomic E-state index is 11.8. The molecule has 1 aliphatic rings. The minimum atomic E-state index is -0.278. The number of ether oxygens (including phenoxy) is 1. The van der Waals surface area contributed by atoms with Crippen molar-refractivity contribution < 1.29 is 14.6 Å². The Balaban J connectivity index is 2.63. The molecule has 4 heteroatoms. The van der Waals surface area contributed by atoms with Crippen LogP contribution in [0, 0.1) is 0 Å². The average molecular weight is 257 g/mol. The maximum absolute atomic E-state index is 11.8. The van der Waals surface area contributed by atoms with Crippen molar-refractivity contribution in [3.05, 3.63) is 0 Å². The first-order valence-electron chi connectivity index (χ1n) is 7.14. The number of esters is 1. The molecular weight excluding hydrogens is 230 g/mol. The minimum absolute atomic E-state index is 0.104. The van der Waals surface area contributed by atoms with E-state index in [-0.39, 0.29) is 24.2 Å². The lowest BCUT2D eigenvalue weighted by molar-refractivity contribution is -0.144. The van der Waals surface area contributed by atoms with Crippen LogP contribution in [0.1, 0.15) is 58.3 Å². The van der Waals surface area contributed by atoms with Crippen LogP contribution < -0.4 is 5.32 Å². The number of unbranched alkanes of at least 4 members (excludes halogenated alkanes) is 1. The number of carbonyl (C=O) groups excluding carboxylic acids is 1. The van der Waals surface area contributed by atoms with Crippen LogP contribution >= 0.6 is 0 Å². The predicted molar refractivity (Wildman–Crippen MR) is 71.4 cm³/mol. The monoisotopic (exact) mass is 257 g/mol. The Hall–Kier alpha value is -0.610. The Morgan fingerprint density at radius 3 is 2.56 bits per heavy atom. The van der Waals surface area contributed by atoms with Gasteiger partial charge in [-0.15, -0.1) is 0 Å². The number of methoxy groups -OCH3 is 1. The Labute approximate surface area is 110 Å². The molecule has 0 spiro atoms. The van der Waals surface area contributed by atoms with Crippen LogP contribution in [0.5, 0.6) is 0 Å². The molecule has 1 atom stereocenters. The molecule has 0 amide bonds. The fourth-order valence-electron chi connectivity index (χ4n) is 2.75. The number of aliphatic hydroxyl groups excluding tert-OH is 1. The quantitative estimate of drug-likeness (QED) is 0.685. The van der Waals surface area contributed by atoms with Crippen molar-refractivity contribution in [2.75, 3.05) is 13.7 Å². The SMILES string of the molecule is CCCCC(NC1(CO)CCCCC1)C(=O)OC. The molecule has 1 aliphatic carbocycles. The molecular formula is C14H27NO3. The molecule has 0 saturated heterocycles. The second-order valence-electron chi connectivity index (χ2n) is 5.36. The predicted octanol–water partition coefficient (Wildman–Crippen LogP) is 2.00. The minimum Gasteiger partial charge on any atom is -0.468 e. The highest BCUT2D eigenvalue weighted by Crippen LogP contribution is 2.28. The van der Waals surface area contributed by atoms with Gasteiger partial charge in [0.15, 0.2) is 0 Å². The topological polar surface area (TPSA) is 58.6 Å². The van der Waals surface area contributed by atoms with Crippen LogP contribution in [0.25, 0.3) is 0 Å². The van der Waals surface area contributed by atoms with Gasteiger partial charge in [0.1, 0.15) is 6.04 Å². The second-order valence-corrected chi connectivity index (χ2v) is 5.36. The van der Waals surface area contributed by atoms with Gasteiger partial charge in [0.25, 0.3) is 0 Å². The van der Waals surface area contributed by atoms with Gasteiger partial charge in [0, 0.05) is 5.54 Å². The summed E-state index contributed by atoms with van der Waals surface area (Å²) in [5.41, 5.74) is -0.273. The van der Waals surface area contributed by atoms with Crippen molar-refractivity contribution in [3.8, 4) is 0 Å². The van der Waals surface area contributed by atoms with E-state index in [4.69, 9.17) is 4.74 Å². The molecule has 1 saturated carbocycles. The van der Waals surface area contributed by atoms with Crippen molar-refractivity contribution in [1.82, 2.24) is 5.32 Å². The summed E-state index contributed by atoms with van der Waals surface area (Å²) in [5, 5.41) is 13.0. The zero-order valence-corrected chi connectivity index (χ0v) is 11.7. The molecule has 1 fully saturated rings. The van der Waals surface area contributed by atoms with Gasteiger partial charge in [-0.1, -0.05) is 39.0 Å². The average Bonchev–Trinajstić information content (AvgIpc) is 2.43. The molecule has 0 aromatic rings. The van der Waals surface area contributed by atoms with Gasteiger partial charge in [-0.25, -0.2) is 0 Å². The molecule has 106 valence electrons. The van der Waals surface area contributed by atoms with Crippen LogP contribution in [-0.4, -0.2) is 36.4 Å². The summed E-state index contributed by atoms with van der Waals surface area (Å²) in [6, 6.07) is -0.278. The van der Waals surface area contributed by atoms with Crippen LogP contribution in [0.4, 0.5) is 0 Å². The Morgan fingerprint density at radius 2 is 2.06 bits per heavy atom. The highest BCUT2D eigenvalue weighted by atomic mass is 16.5. The lowest BCUT2D eigenvalue weighted by Crippen LogP contribution is -2.56. The second kappa shape index (κ2) is 7.74. The number of aliphatic hydroxyl groups is 1. The van der Waals surface area contributed by atoms with Crippen LogP contribution in [0.2, 0.25) is 0 Å². The number of hydrogen-bond acceptors (Lipinski definition) is 4.